The molecule has 0 saturated carbocycles. The van der Waals surface area contributed by atoms with Gasteiger partial charge in [0.05, 0.1) is 0 Å². The number of aryl methyl sites for hydroxylation is 1. The molecular weight excluding hydrogens is 296 g/mol. The number of hydrogen-bond donors (Lipinski definition) is 3. The van der Waals surface area contributed by atoms with Gasteiger partial charge in [0.1, 0.15) is 12.1 Å². The summed E-state index contributed by atoms with van der Waals surface area (Å²) in [5.41, 5.74) is 0.914. The Bertz CT molecular complexity index is 660. The number of carbonyl (C=O) groups is 3. The van der Waals surface area contributed by atoms with E-state index >= 15 is 0 Å². The number of imide groups is 1. The number of fused-ring (bicyclic) bond motifs is 2. The zero-order valence-electron chi connectivity index (χ0n) is 13.0. The first-order valence-corrected chi connectivity index (χ1v) is 7.72. The van der Waals surface area contributed by atoms with Crippen molar-refractivity contribution < 1.29 is 14.4 Å². The zero-order chi connectivity index (χ0) is 16.4. The molecule has 1 aliphatic carbocycles. The Labute approximate surface area is 134 Å². The lowest BCUT2D eigenvalue weighted by Gasteiger charge is -2.22. The minimum atomic E-state index is -1.00. The lowest BCUT2D eigenvalue weighted by atomic mass is 9.92. The third kappa shape index (κ3) is 2.57. The molecule has 7 nitrogen and oxygen atoms in total. The van der Waals surface area contributed by atoms with Gasteiger partial charge in [0.2, 0.25) is 5.91 Å². The highest BCUT2D eigenvalue weighted by molar-refractivity contribution is 6.09. The van der Waals surface area contributed by atoms with Crippen LogP contribution in [0, 0.1) is 0 Å². The Morgan fingerprint density at radius 2 is 2.09 bits per heavy atom. The third-order valence-electron chi connectivity index (χ3n) is 4.42. The van der Waals surface area contributed by atoms with Crippen molar-refractivity contribution in [2.45, 2.75) is 18.4 Å². The van der Waals surface area contributed by atoms with Gasteiger partial charge in [0, 0.05) is 13.1 Å². The number of amides is 4. The van der Waals surface area contributed by atoms with Gasteiger partial charge in [-0.25, -0.2) is 4.79 Å². The molecule has 3 N–H and O–H groups in total. The molecule has 1 saturated heterocycles. The van der Waals surface area contributed by atoms with Crippen molar-refractivity contribution in [3.63, 3.8) is 0 Å². The van der Waals surface area contributed by atoms with E-state index in [1.165, 1.54) is 0 Å². The van der Waals surface area contributed by atoms with Crippen molar-refractivity contribution in [1.82, 2.24) is 20.9 Å². The molecule has 1 atom stereocenters. The minimum Gasteiger partial charge on any atom is -0.353 e. The molecule has 1 fully saturated rings. The van der Waals surface area contributed by atoms with E-state index in [-0.39, 0.29) is 18.4 Å². The highest BCUT2D eigenvalue weighted by Gasteiger charge is 2.55. The number of hydrogen-bond acceptors (Lipinski definition) is 4. The van der Waals surface area contributed by atoms with Crippen molar-refractivity contribution in [2.75, 3.05) is 26.7 Å². The van der Waals surface area contributed by atoms with Crippen molar-refractivity contribution in [3.05, 3.63) is 35.4 Å². The molecule has 23 heavy (non-hydrogen) atoms. The molecule has 0 radical (unpaired) electrons. The topological polar surface area (TPSA) is 90.5 Å². The van der Waals surface area contributed by atoms with Crippen molar-refractivity contribution in [3.8, 4) is 0 Å². The van der Waals surface area contributed by atoms with E-state index in [9.17, 15) is 14.4 Å². The predicted molar refractivity (Wildman–Crippen MR) is 83.6 cm³/mol. The Balaban J connectivity index is 1.75. The maximum Gasteiger partial charge on any atom is 0.325 e. The molecule has 0 aromatic heterocycles. The Hall–Kier alpha value is -2.41. The summed E-state index contributed by atoms with van der Waals surface area (Å²) in [6.45, 7) is 0.828. The molecule has 1 unspecified atom stereocenters. The summed E-state index contributed by atoms with van der Waals surface area (Å²) in [5.74, 6) is -0.678. The van der Waals surface area contributed by atoms with E-state index in [2.05, 4.69) is 16.0 Å². The molecule has 3 rings (SSSR count). The second-order valence-corrected chi connectivity index (χ2v) is 5.84. The van der Waals surface area contributed by atoms with E-state index in [0.717, 1.165) is 22.4 Å². The van der Waals surface area contributed by atoms with Crippen LogP contribution < -0.4 is 16.0 Å². The first kappa shape index (κ1) is 15.5. The Kier molecular flexibility index (Phi) is 4.04. The number of rotatable bonds is 5. The average Bonchev–Trinajstić information content (AvgIpc) is 3.02. The molecule has 1 aliphatic heterocycles. The molecular formula is C16H20N4O3. The molecule has 2 aliphatic rings. The highest BCUT2D eigenvalue weighted by atomic mass is 16.2. The second-order valence-electron chi connectivity index (χ2n) is 5.84. The lowest BCUT2D eigenvalue weighted by molar-refractivity contribution is -0.135. The van der Waals surface area contributed by atoms with Gasteiger partial charge in [-0.15, -0.1) is 0 Å². The summed E-state index contributed by atoms with van der Waals surface area (Å²) in [5, 5.41) is 8.39. The normalized spacial score (nSPS) is 22.4. The molecule has 1 aromatic carbocycles. The number of nitrogens with one attached hydrogen (secondary N) is 3. The Morgan fingerprint density at radius 1 is 1.30 bits per heavy atom. The summed E-state index contributed by atoms with van der Waals surface area (Å²) in [6, 6.07) is 7.12. The summed E-state index contributed by atoms with van der Waals surface area (Å²) in [4.78, 5) is 38.0. The van der Waals surface area contributed by atoms with Crippen LogP contribution in [0.1, 0.15) is 17.5 Å². The molecule has 1 spiro atoms. The summed E-state index contributed by atoms with van der Waals surface area (Å²) in [6.07, 6.45) is 1.28. The highest BCUT2D eigenvalue weighted by Crippen LogP contribution is 2.41. The fourth-order valence-electron chi connectivity index (χ4n) is 3.26. The molecule has 1 heterocycles. The number of benzene rings is 1. The third-order valence-corrected chi connectivity index (χ3v) is 4.42. The second kappa shape index (κ2) is 6.00. The maximum absolute atomic E-state index is 12.8. The fourth-order valence-corrected chi connectivity index (χ4v) is 3.26. The van der Waals surface area contributed by atoms with Gasteiger partial charge in [-0.05, 0) is 31.0 Å². The molecule has 0 bridgehead atoms. The van der Waals surface area contributed by atoms with Gasteiger partial charge < -0.3 is 16.0 Å². The van der Waals surface area contributed by atoms with Crippen molar-refractivity contribution >= 4 is 17.8 Å². The fraction of sp³-hybridized carbons (Fsp3) is 0.438. The van der Waals surface area contributed by atoms with Crippen LogP contribution in [-0.4, -0.2) is 49.4 Å². The van der Waals surface area contributed by atoms with Gasteiger partial charge in [-0.2, -0.15) is 0 Å². The lowest BCUT2D eigenvalue weighted by Crippen LogP contribution is -2.44. The van der Waals surface area contributed by atoms with Gasteiger partial charge in [0.25, 0.3) is 5.91 Å². The van der Waals surface area contributed by atoms with Gasteiger partial charge in [-0.3, -0.25) is 14.5 Å². The van der Waals surface area contributed by atoms with Gasteiger partial charge >= 0.3 is 6.03 Å². The van der Waals surface area contributed by atoms with Crippen molar-refractivity contribution in [1.29, 1.82) is 0 Å². The van der Waals surface area contributed by atoms with Crippen LogP contribution in [0.2, 0.25) is 0 Å². The van der Waals surface area contributed by atoms with Crippen LogP contribution in [0.4, 0.5) is 4.79 Å². The smallest absolute Gasteiger partial charge is 0.325 e. The van der Waals surface area contributed by atoms with Crippen LogP contribution in [-0.2, 0) is 21.5 Å². The van der Waals surface area contributed by atoms with Crippen LogP contribution in [0.5, 0.6) is 0 Å². The van der Waals surface area contributed by atoms with E-state index in [1.807, 2.05) is 24.3 Å². The monoisotopic (exact) mass is 316 g/mol. The first-order valence-electron chi connectivity index (χ1n) is 7.72. The van der Waals surface area contributed by atoms with Crippen molar-refractivity contribution in [2.24, 2.45) is 0 Å². The quantitative estimate of drug-likeness (QED) is 0.514. The zero-order valence-corrected chi connectivity index (χ0v) is 13.0. The number of urea groups is 1. The van der Waals surface area contributed by atoms with Gasteiger partial charge in [0.15, 0.2) is 0 Å². The van der Waals surface area contributed by atoms with E-state index in [1.54, 1.807) is 7.05 Å². The summed E-state index contributed by atoms with van der Waals surface area (Å²) in [7, 11) is 1.78. The average molecular weight is 316 g/mol. The van der Waals surface area contributed by atoms with Crippen LogP contribution in [0.15, 0.2) is 24.3 Å². The molecule has 1 aromatic rings. The van der Waals surface area contributed by atoms with Crippen LogP contribution in [0.3, 0.4) is 0 Å². The standard InChI is InChI=1S/C16H20N4O3/c1-17-8-9-18-13(21)10-20-14(22)16(19-15(20)23)7-6-11-4-2-3-5-12(11)16/h2-5,17H,6-10H2,1H3,(H,18,21)(H,19,23). The Morgan fingerprint density at radius 3 is 2.87 bits per heavy atom. The van der Waals surface area contributed by atoms with Crippen LogP contribution >= 0.6 is 0 Å². The summed E-state index contributed by atoms with van der Waals surface area (Å²) >= 11 is 0. The van der Waals surface area contributed by atoms with Gasteiger partial charge in [-0.1, -0.05) is 24.3 Å². The van der Waals surface area contributed by atoms with E-state index in [4.69, 9.17) is 0 Å². The molecule has 7 heteroatoms. The molecule has 4 amide bonds. The van der Waals surface area contributed by atoms with E-state index in [0.29, 0.717) is 19.5 Å². The number of carbonyl (C=O) groups excluding carboxylic acids is 3. The number of likely N-dealkylation sites (N-methyl/N-ethyl adjacent to an activating group) is 1. The van der Waals surface area contributed by atoms with Crippen LogP contribution in [0.25, 0.3) is 0 Å². The maximum atomic E-state index is 12.8. The summed E-state index contributed by atoms with van der Waals surface area (Å²) < 4.78 is 0. The first-order chi connectivity index (χ1) is 11.1. The SMILES string of the molecule is CNCCNC(=O)CN1C(=O)NC2(CCc3ccccc32)C1=O. The minimum absolute atomic E-state index is 0.252. The number of nitrogens with zero attached hydrogens (tertiary/aromatic N) is 1. The molecule has 122 valence electrons. The largest absolute Gasteiger partial charge is 0.353 e. The van der Waals surface area contributed by atoms with E-state index < -0.39 is 11.6 Å². The predicted octanol–water partition coefficient (Wildman–Crippen LogP) is -0.284.